The van der Waals surface area contributed by atoms with E-state index in [1.54, 1.807) is 45.4 Å². The molecule has 5 nitrogen and oxygen atoms in total. The van der Waals surface area contributed by atoms with Gasteiger partial charge in [0.05, 0.1) is 13.2 Å². The Labute approximate surface area is 129 Å². The minimum absolute atomic E-state index is 0.201. The van der Waals surface area contributed by atoms with Gasteiger partial charge in [-0.1, -0.05) is 6.92 Å². The highest BCUT2D eigenvalue weighted by atomic mass is 16.5. The predicted octanol–water partition coefficient (Wildman–Crippen LogP) is 2.91. The van der Waals surface area contributed by atoms with Gasteiger partial charge in [0, 0.05) is 11.6 Å². The summed E-state index contributed by atoms with van der Waals surface area (Å²) in [5, 5.41) is 1.34. The molecule has 0 saturated carbocycles. The maximum Gasteiger partial charge on any atom is 0.329 e. The Morgan fingerprint density at radius 1 is 1.27 bits per heavy atom. The quantitative estimate of drug-likeness (QED) is 0.797. The Bertz CT molecular complexity index is 733. The molecule has 0 bridgehead atoms. The highest BCUT2D eigenvalue weighted by Gasteiger charge is 2.22. The minimum Gasteiger partial charge on any atom is -0.497 e. The van der Waals surface area contributed by atoms with Crippen LogP contribution in [0.1, 0.15) is 33.2 Å². The van der Waals surface area contributed by atoms with Gasteiger partial charge in [0.1, 0.15) is 11.8 Å². The van der Waals surface area contributed by atoms with Crippen molar-refractivity contribution in [3.05, 3.63) is 40.8 Å². The van der Waals surface area contributed by atoms with Gasteiger partial charge in [-0.25, -0.2) is 4.79 Å². The molecule has 1 atom stereocenters. The van der Waals surface area contributed by atoms with E-state index in [-0.39, 0.29) is 17.6 Å². The summed E-state index contributed by atoms with van der Waals surface area (Å²) in [6, 6.07) is 6.45. The lowest BCUT2D eigenvalue weighted by atomic mass is 10.1. The van der Waals surface area contributed by atoms with Gasteiger partial charge in [0.15, 0.2) is 0 Å². The van der Waals surface area contributed by atoms with E-state index >= 15 is 0 Å². The van der Waals surface area contributed by atoms with Gasteiger partial charge in [0.2, 0.25) is 0 Å². The lowest BCUT2D eigenvalue weighted by molar-refractivity contribution is -0.151. The third-order valence-corrected chi connectivity index (χ3v) is 3.48. The number of benzene rings is 1. The number of carbonyl (C=O) groups is 1. The van der Waals surface area contributed by atoms with Crippen LogP contribution in [0.2, 0.25) is 0 Å². The van der Waals surface area contributed by atoms with E-state index in [0.717, 1.165) is 5.39 Å². The van der Waals surface area contributed by atoms with Crippen LogP contribution >= 0.6 is 0 Å². The maximum atomic E-state index is 12.6. The third kappa shape index (κ3) is 3.13. The van der Waals surface area contributed by atoms with E-state index in [1.807, 2.05) is 13.0 Å². The summed E-state index contributed by atoms with van der Waals surface area (Å²) in [4.78, 5) is 24.8. The van der Waals surface area contributed by atoms with Crippen LogP contribution in [0.3, 0.4) is 0 Å². The van der Waals surface area contributed by atoms with E-state index in [0.29, 0.717) is 17.6 Å². The molecule has 0 aliphatic rings. The first kappa shape index (κ1) is 16.1. The van der Waals surface area contributed by atoms with Crippen LogP contribution in [0.25, 0.3) is 10.8 Å². The largest absolute Gasteiger partial charge is 0.497 e. The van der Waals surface area contributed by atoms with Crippen molar-refractivity contribution in [1.29, 1.82) is 0 Å². The molecule has 1 heterocycles. The second-order valence-corrected chi connectivity index (χ2v) is 5.39. The van der Waals surface area contributed by atoms with E-state index in [4.69, 9.17) is 9.47 Å². The molecule has 118 valence electrons. The van der Waals surface area contributed by atoms with Crippen LogP contribution in [-0.4, -0.2) is 23.8 Å². The maximum absolute atomic E-state index is 12.6. The second-order valence-electron chi connectivity index (χ2n) is 5.39. The summed E-state index contributed by atoms with van der Waals surface area (Å²) in [6.45, 7) is 5.44. The van der Waals surface area contributed by atoms with Gasteiger partial charge in [-0.2, -0.15) is 0 Å². The van der Waals surface area contributed by atoms with Crippen LogP contribution in [-0.2, 0) is 9.53 Å². The average molecular weight is 303 g/mol. The van der Waals surface area contributed by atoms with Crippen LogP contribution in [0.4, 0.5) is 0 Å². The second kappa shape index (κ2) is 6.64. The first-order chi connectivity index (χ1) is 10.5. The molecule has 0 spiro atoms. The summed E-state index contributed by atoms with van der Waals surface area (Å²) < 4.78 is 11.8. The van der Waals surface area contributed by atoms with E-state index in [9.17, 15) is 9.59 Å². The van der Waals surface area contributed by atoms with Gasteiger partial charge < -0.3 is 14.0 Å². The molecular weight excluding hydrogens is 282 g/mol. The van der Waals surface area contributed by atoms with E-state index < -0.39 is 6.04 Å². The van der Waals surface area contributed by atoms with Gasteiger partial charge in [-0.15, -0.1) is 0 Å². The first-order valence-electron chi connectivity index (χ1n) is 7.37. The Hall–Kier alpha value is -2.30. The Balaban J connectivity index is 2.49. The van der Waals surface area contributed by atoms with Crippen LogP contribution < -0.4 is 10.3 Å². The molecule has 0 aliphatic carbocycles. The van der Waals surface area contributed by atoms with Crippen LogP contribution in [0, 0.1) is 0 Å². The topological polar surface area (TPSA) is 57.5 Å². The van der Waals surface area contributed by atoms with Crippen LogP contribution in [0.5, 0.6) is 5.75 Å². The number of hydrogen-bond donors (Lipinski definition) is 0. The number of hydrogen-bond acceptors (Lipinski definition) is 4. The zero-order chi connectivity index (χ0) is 16.3. The van der Waals surface area contributed by atoms with Gasteiger partial charge in [-0.3, -0.25) is 4.79 Å². The Morgan fingerprint density at radius 3 is 2.59 bits per heavy atom. The smallest absolute Gasteiger partial charge is 0.329 e. The first-order valence-corrected chi connectivity index (χ1v) is 7.37. The number of rotatable bonds is 5. The summed E-state index contributed by atoms with van der Waals surface area (Å²) in [5.74, 6) is 0.309. The molecule has 0 amide bonds. The monoisotopic (exact) mass is 303 g/mol. The van der Waals surface area contributed by atoms with Gasteiger partial charge in [-0.05, 0) is 49.9 Å². The molecule has 5 heteroatoms. The fraction of sp³-hybridized carbons (Fsp3) is 0.412. The summed E-state index contributed by atoms with van der Waals surface area (Å²) in [5.41, 5.74) is -0.201. The van der Waals surface area contributed by atoms with Crippen molar-refractivity contribution in [3.8, 4) is 5.75 Å². The molecule has 2 aromatic rings. The van der Waals surface area contributed by atoms with Crippen molar-refractivity contribution < 1.29 is 14.3 Å². The average Bonchev–Trinajstić information content (AvgIpc) is 2.49. The molecule has 2 rings (SSSR count). The molecule has 0 N–H and O–H groups in total. The summed E-state index contributed by atoms with van der Waals surface area (Å²) in [7, 11) is 1.58. The molecule has 1 aromatic carbocycles. The number of esters is 1. The van der Waals surface area contributed by atoms with Crippen molar-refractivity contribution in [1.82, 2.24) is 4.57 Å². The van der Waals surface area contributed by atoms with Crippen molar-refractivity contribution in [2.75, 3.05) is 7.11 Å². The molecule has 0 aliphatic heterocycles. The molecule has 1 unspecified atom stereocenters. The van der Waals surface area contributed by atoms with Crippen molar-refractivity contribution in [3.63, 3.8) is 0 Å². The molecule has 22 heavy (non-hydrogen) atoms. The minimum atomic E-state index is -0.610. The van der Waals surface area contributed by atoms with Crippen molar-refractivity contribution in [2.24, 2.45) is 0 Å². The third-order valence-electron chi connectivity index (χ3n) is 3.48. The zero-order valence-electron chi connectivity index (χ0n) is 13.3. The predicted molar refractivity (Wildman–Crippen MR) is 85.3 cm³/mol. The lowest BCUT2D eigenvalue weighted by Gasteiger charge is -2.19. The summed E-state index contributed by atoms with van der Waals surface area (Å²) in [6.07, 6.45) is 1.93. The summed E-state index contributed by atoms with van der Waals surface area (Å²) >= 11 is 0. The number of aromatic nitrogens is 1. The fourth-order valence-corrected chi connectivity index (χ4v) is 2.40. The number of ether oxygens (including phenoxy) is 2. The van der Waals surface area contributed by atoms with Crippen LogP contribution in [0.15, 0.2) is 35.3 Å². The number of methoxy groups -OCH3 is 1. The molecule has 0 radical (unpaired) electrons. The molecular formula is C17H21NO4. The highest BCUT2D eigenvalue weighted by molar-refractivity contribution is 5.83. The fourth-order valence-electron chi connectivity index (χ4n) is 2.40. The normalized spacial score (nSPS) is 12.4. The van der Waals surface area contributed by atoms with Crippen molar-refractivity contribution >= 4 is 16.7 Å². The SMILES string of the molecule is CCC(C(=O)OC(C)C)n1ccc2cc(OC)ccc2c1=O. The molecule has 0 fully saturated rings. The Kier molecular flexibility index (Phi) is 4.85. The number of pyridine rings is 1. The number of carbonyl (C=O) groups excluding carboxylic acids is 1. The molecule has 0 saturated heterocycles. The standard InChI is InChI=1S/C17H21NO4/c1-5-15(17(20)22-11(2)3)18-9-8-12-10-13(21-4)6-7-14(12)16(18)19/h6-11,15H,5H2,1-4H3. The lowest BCUT2D eigenvalue weighted by Crippen LogP contribution is -2.31. The van der Waals surface area contributed by atoms with Gasteiger partial charge in [0.25, 0.3) is 5.56 Å². The van der Waals surface area contributed by atoms with Gasteiger partial charge >= 0.3 is 5.97 Å². The number of fused-ring (bicyclic) bond motifs is 1. The van der Waals surface area contributed by atoms with E-state index in [1.165, 1.54) is 4.57 Å². The number of nitrogens with zero attached hydrogens (tertiary/aromatic N) is 1. The molecule has 1 aromatic heterocycles. The van der Waals surface area contributed by atoms with Crippen molar-refractivity contribution in [2.45, 2.75) is 39.3 Å². The Morgan fingerprint density at radius 2 is 2.00 bits per heavy atom. The van der Waals surface area contributed by atoms with E-state index in [2.05, 4.69) is 0 Å². The highest BCUT2D eigenvalue weighted by Crippen LogP contribution is 2.20. The zero-order valence-corrected chi connectivity index (χ0v) is 13.3.